The number of amidine groups is 1. The highest BCUT2D eigenvalue weighted by Gasteiger charge is 2.25. The molecule has 76 valence electrons. The molecule has 1 atom stereocenters. The lowest BCUT2D eigenvalue weighted by Gasteiger charge is -2.30. The largest absolute Gasteiger partial charge is 0.387 e. The Kier molecular flexibility index (Phi) is 3.69. The minimum atomic E-state index is 0.132. The molecule has 1 unspecified atom stereocenters. The van der Waals surface area contributed by atoms with E-state index in [2.05, 4.69) is 0 Å². The summed E-state index contributed by atoms with van der Waals surface area (Å²) in [6.45, 7) is 0.565. The van der Waals surface area contributed by atoms with E-state index < -0.39 is 0 Å². The van der Waals surface area contributed by atoms with Crippen molar-refractivity contribution in [3.8, 4) is 0 Å². The molecular formula is C9H20N4. The predicted molar refractivity (Wildman–Crippen MR) is 54.4 cm³/mol. The van der Waals surface area contributed by atoms with Gasteiger partial charge in [0.05, 0.1) is 5.84 Å². The van der Waals surface area contributed by atoms with E-state index in [0.717, 1.165) is 25.7 Å². The van der Waals surface area contributed by atoms with Gasteiger partial charge < -0.3 is 17.2 Å². The summed E-state index contributed by atoms with van der Waals surface area (Å²) in [5.74, 6) is 1.17. The predicted octanol–water partition coefficient (Wildman–Crippen LogP) is 0.0148. The van der Waals surface area contributed by atoms with Crippen molar-refractivity contribution >= 4 is 5.84 Å². The van der Waals surface area contributed by atoms with Crippen molar-refractivity contribution in [2.75, 3.05) is 6.54 Å². The molecule has 0 aromatic heterocycles. The first-order chi connectivity index (χ1) is 6.15. The molecule has 0 amide bonds. The van der Waals surface area contributed by atoms with Gasteiger partial charge in [-0.05, 0) is 31.6 Å². The van der Waals surface area contributed by atoms with Crippen LogP contribution in [0.4, 0.5) is 0 Å². The van der Waals surface area contributed by atoms with Crippen LogP contribution < -0.4 is 17.2 Å². The topological polar surface area (TPSA) is 102 Å². The first-order valence-corrected chi connectivity index (χ1v) is 4.94. The SMILES string of the molecule is N=C(N)C1CCC(C(N)CN)CC1. The maximum atomic E-state index is 7.33. The van der Waals surface area contributed by atoms with E-state index >= 15 is 0 Å². The Hall–Kier alpha value is -0.610. The average Bonchev–Trinajstić information content (AvgIpc) is 2.17. The lowest BCUT2D eigenvalue weighted by molar-refractivity contribution is 0.280. The van der Waals surface area contributed by atoms with Crippen LogP contribution in [0.3, 0.4) is 0 Å². The minimum Gasteiger partial charge on any atom is -0.387 e. The molecule has 7 N–H and O–H groups in total. The monoisotopic (exact) mass is 184 g/mol. The first kappa shape index (κ1) is 10.5. The third-order valence-corrected chi connectivity index (χ3v) is 3.09. The Morgan fingerprint density at radius 3 is 2.23 bits per heavy atom. The maximum absolute atomic E-state index is 7.33. The van der Waals surface area contributed by atoms with Crippen LogP contribution in [0.25, 0.3) is 0 Å². The molecule has 1 fully saturated rings. The van der Waals surface area contributed by atoms with Gasteiger partial charge in [0.2, 0.25) is 0 Å². The van der Waals surface area contributed by atoms with E-state index in [0.29, 0.717) is 24.2 Å². The highest BCUT2D eigenvalue weighted by molar-refractivity contribution is 5.79. The molecule has 0 aromatic carbocycles. The Labute approximate surface area is 79.4 Å². The van der Waals surface area contributed by atoms with E-state index in [4.69, 9.17) is 22.6 Å². The Morgan fingerprint density at radius 2 is 1.85 bits per heavy atom. The van der Waals surface area contributed by atoms with Gasteiger partial charge in [-0.3, -0.25) is 5.41 Å². The van der Waals surface area contributed by atoms with Gasteiger partial charge in [-0.1, -0.05) is 0 Å². The van der Waals surface area contributed by atoms with E-state index in [1.807, 2.05) is 0 Å². The second-order valence-electron chi connectivity index (χ2n) is 3.97. The zero-order valence-electron chi connectivity index (χ0n) is 8.00. The Balaban J connectivity index is 2.34. The third-order valence-electron chi connectivity index (χ3n) is 3.09. The first-order valence-electron chi connectivity index (χ1n) is 4.94. The number of nitrogens with two attached hydrogens (primary N) is 3. The highest BCUT2D eigenvalue weighted by atomic mass is 14.7. The van der Waals surface area contributed by atoms with Gasteiger partial charge >= 0.3 is 0 Å². The van der Waals surface area contributed by atoms with Crippen molar-refractivity contribution < 1.29 is 0 Å². The lowest BCUT2D eigenvalue weighted by Crippen LogP contribution is -2.40. The zero-order valence-corrected chi connectivity index (χ0v) is 8.00. The summed E-state index contributed by atoms with van der Waals surface area (Å²) >= 11 is 0. The molecule has 1 saturated carbocycles. The normalized spacial score (nSPS) is 31.2. The second kappa shape index (κ2) is 4.58. The third kappa shape index (κ3) is 2.67. The van der Waals surface area contributed by atoms with Crippen LogP contribution in [-0.4, -0.2) is 18.4 Å². The second-order valence-corrected chi connectivity index (χ2v) is 3.97. The van der Waals surface area contributed by atoms with Crippen molar-refractivity contribution in [3.63, 3.8) is 0 Å². The van der Waals surface area contributed by atoms with E-state index in [1.54, 1.807) is 0 Å². The summed E-state index contributed by atoms with van der Waals surface area (Å²) in [6, 6.07) is 0.132. The van der Waals surface area contributed by atoms with E-state index in [-0.39, 0.29) is 6.04 Å². The molecule has 0 aromatic rings. The Bertz CT molecular complexity index is 172. The molecule has 0 spiro atoms. The molecule has 1 aliphatic carbocycles. The van der Waals surface area contributed by atoms with Crippen LogP contribution in [0.15, 0.2) is 0 Å². The molecule has 1 rings (SSSR count). The van der Waals surface area contributed by atoms with Gasteiger partial charge in [0, 0.05) is 18.5 Å². The fourth-order valence-corrected chi connectivity index (χ4v) is 2.05. The van der Waals surface area contributed by atoms with Crippen LogP contribution in [0.5, 0.6) is 0 Å². The van der Waals surface area contributed by atoms with Gasteiger partial charge in [-0.25, -0.2) is 0 Å². The highest BCUT2D eigenvalue weighted by Crippen LogP contribution is 2.29. The molecule has 1 aliphatic rings. The van der Waals surface area contributed by atoms with Crippen molar-refractivity contribution in [2.45, 2.75) is 31.7 Å². The lowest BCUT2D eigenvalue weighted by atomic mass is 9.78. The molecule has 0 aliphatic heterocycles. The molecule has 13 heavy (non-hydrogen) atoms. The molecule has 4 heteroatoms. The van der Waals surface area contributed by atoms with Gasteiger partial charge in [0.15, 0.2) is 0 Å². The van der Waals surface area contributed by atoms with Gasteiger partial charge in [0.1, 0.15) is 0 Å². The molecule has 0 heterocycles. The summed E-state index contributed by atoms with van der Waals surface area (Å²) in [5.41, 5.74) is 16.8. The van der Waals surface area contributed by atoms with Crippen LogP contribution in [0.1, 0.15) is 25.7 Å². The van der Waals surface area contributed by atoms with E-state index in [9.17, 15) is 0 Å². The minimum absolute atomic E-state index is 0.132. The summed E-state index contributed by atoms with van der Waals surface area (Å²) in [4.78, 5) is 0. The summed E-state index contributed by atoms with van der Waals surface area (Å²) in [7, 11) is 0. The smallest absolute Gasteiger partial charge is 0.0936 e. The molecule has 0 bridgehead atoms. The molecular weight excluding hydrogens is 164 g/mol. The van der Waals surface area contributed by atoms with Crippen LogP contribution in [-0.2, 0) is 0 Å². The fraction of sp³-hybridized carbons (Fsp3) is 0.889. The molecule has 0 radical (unpaired) electrons. The summed E-state index contributed by atoms with van der Waals surface area (Å²) in [5, 5.41) is 7.33. The van der Waals surface area contributed by atoms with Gasteiger partial charge in [0.25, 0.3) is 0 Å². The summed E-state index contributed by atoms with van der Waals surface area (Å²) in [6.07, 6.45) is 4.16. The number of hydrogen-bond acceptors (Lipinski definition) is 3. The van der Waals surface area contributed by atoms with Crippen LogP contribution in [0.2, 0.25) is 0 Å². The number of hydrogen-bond donors (Lipinski definition) is 4. The fourth-order valence-electron chi connectivity index (χ4n) is 2.05. The standard InChI is InChI=1S/C9H20N4/c10-5-8(11)6-1-3-7(4-2-6)9(12)13/h6-8H,1-5,10-11H2,(H3,12,13). The quantitative estimate of drug-likeness (QED) is 0.367. The summed E-state index contributed by atoms with van der Waals surface area (Å²) < 4.78 is 0. The number of rotatable bonds is 3. The van der Waals surface area contributed by atoms with Crippen LogP contribution >= 0.6 is 0 Å². The molecule has 4 nitrogen and oxygen atoms in total. The Morgan fingerprint density at radius 1 is 1.31 bits per heavy atom. The zero-order chi connectivity index (χ0) is 9.84. The van der Waals surface area contributed by atoms with Crippen molar-refractivity contribution in [3.05, 3.63) is 0 Å². The number of nitrogens with one attached hydrogen (secondary N) is 1. The van der Waals surface area contributed by atoms with Gasteiger partial charge in [-0.2, -0.15) is 0 Å². The maximum Gasteiger partial charge on any atom is 0.0936 e. The van der Waals surface area contributed by atoms with E-state index in [1.165, 1.54) is 0 Å². The van der Waals surface area contributed by atoms with Crippen molar-refractivity contribution in [1.82, 2.24) is 0 Å². The van der Waals surface area contributed by atoms with Crippen LogP contribution in [0, 0.1) is 17.2 Å². The average molecular weight is 184 g/mol. The molecule has 0 saturated heterocycles. The van der Waals surface area contributed by atoms with Crippen molar-refractivity contribution in [2.24, 2.45) is 29.0 Å². The van der Waals surface area contributed by atoms with Crippen molar-refractivity contribution in [1.29, 1.82) is 5.41 Å². The van der Waals surface area contributed by atoms with Gasteiger partial charge in [-0.15, -0.1) is 0 Å².